The molecule has 1 heterocycles. The molecule has 1 aliphatic rings. The van der Waals surface area contributed by atoms with Gasteiger partial charge in [0, 0.05) is 29.7 Å². The maximum atomic E-state index is 13.3. The average Bonchev–Trinajstić information content (AvgIpc) is 2.75. The molecule has 0 aliphatic carbocycles. The Kier molecular flexibility index (Phi) is 9.91. The molecule has 1 aromatic rings. The predicted octanol–water partition coefficient (Wildman–Crippen LogP) is 6.88. The second-order valence-electron chi connectivity index (χ2n) is 8.91. The van der Waals surface area contributed by atoms with E-state index in [1.165, 1.54) is 18.1 Å². The van der Waals surface area contributed by atoms with E-state index in [1.807, 2.05) is 13.8 Å². The lowest BCUT2D eigenvalue weighted by Crippen LogP contribution is -2.57. The number of amides is 2. The van der Waals surface area contributed by atoms with Crippen LogP contribution in [0, 0.1) is 0 Å². The number of carbonyl (C=O) groups excluding carboxylic acids is 2. The largest absolute Gasteiger partial charge is 0.453 e. The number of ether oxygens (including phenoxy) is 2. The molecule has 0 aromatic heterocycles. The van der Waals surface area contributed by atoms with Crippen LogP contribution >= 0.6 is 11.6 Å². The van der Waals surface area contributed by atoms with Crippen molar-refractivity contribution in [2.45, 2.75) is 96.7 Å². The van der Waals surface area contributed by atoms with Crippen LogP contribution < -0.4 is 0 Å². The van der Waals surface area contributed by atoms with Crippen molar-refractivity contribution in [3.63, 3.8) is 0 Å². The van der Waals surface area contributed by atoms with Gasteiger partial charge in [-0.05, 0) is 63.3 Å². The summed E-state index contributed by atoms with van der Waals surface area (Å²) in [5, 5.41) is -0.0591. The lowest BCUT2D eigenvalue weighted by Gasteiger charge is -2.47. The van der Waals surface area contributed by atoms with Gasteiger partial charge in [0.05, 0.1) is 18.8 Å². The van der Waals surface area contributed by atoms with Gasteiger partial charge in [-0.2, -0.15) is 13.2 Å². The van der Waals surface area contributed by atoms with E-state index < -0.39 is 17.8 Å². The first-order valence-corrected chi connectivity index (χ1v) is 12.0. The summed E-state index contributed by atoms with van der Waals surface area (Å²) in [5.41, 5.74) is -0.617. The van der Waals surface area contributed by atoms with E-state index in [0.717, 1.165) is 18.6 Å². The first-order chi connectivity index (χ1) is 15.9. The van der Waals surface area contributed by atoms with E-state index in [4.69, 9.17) is 21.1 Å². The standard InChI is InChI=1S/C24H34ClF3N2O4/c1-6-8-20-13-21(12-19(7-2)30(20)23(32)34-15(3)4)29(22(31)33-5)14-16-9-17(24(26,27)28)11-18(25)10-16/h9-11,15,19-21H,6-8,12-14H2,1-5H3/t19-,20+,21+/m1/s1. The minimum atomic E-state index is -4.56. The summed E-state index contributed by atoms with van der Waals surface area (Å²) in [4.78, 5) is 28.8. The molecule has 1 saturated heterocycles. The fourth-order valence-electron chi connectivity index (χ4n) is 4.58. The SMILES string of the molecule is CCC[C@H]1C[C@@H](N(Cc2cc(Cl)cc(C(F)(F)F)c2)C(=O)OC)C[C@@H](CC)N1C(=O)OC(C)C. The molecular weight excluding hydrogens is 473 g/mol. The monoisotopic (exact) mass is 506 g/mol. The van der Waals surface area contributed by atoms with Crippen LogP contribution in [0.1, 0.15) is 70.9 Å². The van der Waals surface area contributed by atoms with Crippen molar-refractivity contribution < 1.29 is 32.2 Å². The van der Waals surface area contributed by atoms with Gasteiger partial charge >= 0.3 is 18.4 Å². The Hall–Kier alpha value is -2.16. The first kappa shape index (κ1) is 28.1. The van der Waals surface area contributed by atoms with Gasteiger partial charge < -0.3 is 19.3 Å². The maximum Gasteiger partial charge on any atom is 0.416 e. The number of methoxy groups -OCH3 is 1. The van der Waals surface area contributed by atoms with E-state index >= 15 is 0 Å². The van der Waals surface area contributed by atoms with Crippen molar-refractivity contribution in [1.29, 1.82) is 0 Å². The van der Waals surface area contributed by atoms with E-state index in [-0.39, 0.29) is 47.5 Å². The Morgan fingerprint density at radius 3 is 2.35 bits per heavy atom. The summed E-state index contributed by atoms with van der Waals surface area (Å²) in [7, 11) is 1.24. The van der Waals surface area contributed by atoms with Crippen LogP contribution in [0.5, 0.6) is 0 Å². The Morgan fingerprint density at radius 2 is 1.82 bits per heavy atom. The zero-order valence-electron chi connectivity index (χ0n) is 20.3. The van der Waals surface area contributed by atoms with E-state index in [1.54, 1.807) is 18.7 Å². The molecule has 1 aliphatic heterocycles. The average molecular weight is 507 g/mol. The molecule has 0 bridgehead atoms. The van der Waals surface area contributed by atoms with Crippen LogP contribution in [0.15, 0.2) is 18.2 Å². The zero-order chi connectivity index (χ0) is 25.6. The summed E-state index contributed by atoms with van der Waals surface area (Å²) in [6, 6.07) is 2.60. The highest BCUT2D eigenvalue weighted by Crippen LogP contribution is 2.35. The Morgan fingerprint density at radius 1 is 1.18 bits per heavy atom. The number of benzene rings is 1. The first-order valence-electron chi connectivity index (χ1n) is 11.6. The topological polar surface area (TPSA) is 59.1 Å². The van der Waals surface area contributed by atoms with Crippen LogP contribution in [0.25, 0.3) is 0 Å². The fourth-order valence-corrected chi connectivity index (χ4v) is 4.84. The molecule has 34 heavy (non-hydrogen) atoms. The number of alkyl halides is 3. The summed E-state index contributed by atoms with van der Waals surface area (Å²) in [6.07, 6.45) is -2.72. The number of halogens is 4. The van der Waals surface area contributed by atoms with Crippen molar-refractivity contribution in [2.24, 2.45) is 0 Å². The molecule has 10 heteroatoms. The molecule has 1 aromatic carbocycles. The molecule has 0 spiro atoms. The smallest absolute Gasteiger partial charge is 0.416 e. The van der Waals surface area contributed by atoms with Gasteiger partial charge in [-0.3, -0.25) is 0 Å². The number of likely N-dealkylation sites (tertiary alicyclic amines) is 1. The van der Waals surface area contributed by atoms with Crippen molar-refractivity contribution in [2.75, 3.05) is 7.11 Å². The second-order valence-corrected chi connectivity index (χ2v) is 9.35. The predicted molar refractivity (Wildman–Crippen MR) is 124 cm³/mol. The van der Waals surface area contributed by atoms with Gasteiger partial charge in [-0.25, -0.2) is 9.59 Å². The minimum absolute atomic E-state index is 0.0591. The van der Waals surface area contributed by atoms with Gasteiger partial charge in [0.2, 0.25) is 0 Å². The summed E-state index contributed by atoms with van der Waals surface area (Å²) in [6.45, 7) is 7.46. The minimum Gasteiger partial charge on any atom is -0.453 e. The van der Waals surface area contributed by atoms with Crippen LogP contribution in [0.3, 0.4) is 0 Å². The lowest BCUT2D eigenvalue weighted by atomic mass is 9.87. The number of piperidine rings is 1. The molecule has 6 nitrogen and oxygen atoms in total. The summed E-state index contributed by atoms with van der Waals surface area (Å²) >= 11 is 5.95. The number of hydrogen-bond donors (Lipinski definition) is 0. The zero-order valence-corrected chi connectivity index (χ0v) is 21.1. The Balaban J connectivity index is 2.37. The van der Waals surface area contributed by atoms with E-state index in [2.05, 4.69) is 0 Å². The van der Waals surface area contributed by atoms with Gasteiger partial charge in [0.25, 0.3) is 0 Å². The highest BCUT2D eigenvalue weighted by Gasteiger charge is 2.42. The summed E-state index contributed by atoms with van der Waals surface area (Å²) in [5.74, 6) is 0. The maximum absolute atomic E-state index is 13.3. The molecule has 192 valence electrons. The Bertz CT molecular complexity index is 850. The molecule has 1 fully saturated rings. The number of rotatable bonds is 7. The van der Waals surface area contributed by atoms with Crippen LogP contribution in [-0.4, -0.2) is 53.3 Å². The van der Waals surface area contributed by atoms with Crippen LogP contribution in [-0.2, 0) is 22.2 Å². The van der Waals surface area contributed by atoms with E-state index in [9.17, 15) is 22.8 Å². The fraction of sp³-hybridized carbons (Fsp3) is 0.667. The van der Waals surface area contributed by atoms with Gasteiger partial charge in [-0.15, -0.1) is 0 Å². The van der Waals surface area contributed by atoms with Crippen LogP contribution in [0.2, 0.25) is 5.02 Å². The molecule has 3 atom stereocenters. The van der Waals surface area contributed by atoms with E-state index in [0.29, 0.717) is 25.7 Å². The van der Waals surface area contributed by atoms with Crippen molar-refractivity contribution in [3.05, 3.63) is 34.3 Å². The molecule has 2 amide bonds. The number of hydrogen-bond acceptors (Lipinski definition) is 4. The highest BCUT2D eigenvalue weighted by atomic mass is 35.5. The number of nitrogens with zero attached hydrogens (tertiary/aromatic N) is 2. The molecule has 2 rings (SSSR count). The third kappa shape index (κ3) is 7.17. The number of carbonyl (C=O) groups is 2. The van der Waals surface area contributed by atoms with Crippen molar-refractivity contribution in [3.8, 4) is 0 Å². The molecular formula is C24H34ClF3N2O4. The van der Waals surface area contributed by atoms with Gasteiger partial charge in [0.15, 0.2) is 0 Å². The quantitative estimate of drug-likeness (QED) is 0.404. The highest BCUT2D eigenvalue weighted by molar-refractivity contribution is 6.30. The lowest BCUT2D eigenvalue weighted by molar-refractivity contribution is -0.137. The summed E-state index contributed by atoms with van der Waals surface area (Å²) < 4.78 is 50.3. The van der Waals surface area contributed by atoms with Gasteiger partial charge in [0.1, 0.15) is 0 Å². The van der Waals surface area contributed by atoms with Crippen molar-refractivity contribution >= 4 is 23.8 Å². The second kappa shape index (κ2) is 12.0. The molecule has 0 N–H and O–H groups in total. The third-order valence-electron chi connectivity index (χ3n) is 6.00. The molecule has 0 radical (unpaired) electrons. The van der Waals surface area contributed by atoms with Crippen LogP contribution in [0.4, 0.5) is 22.8 Å². The molecule has 0 saturated carbocycles. The Labute approximate surface area is 204 Å². The third-order valence-corrected chi connectivity index (χ3v) is 6.22. The molecule has 0 unspecified atom stereocenters. The normalized spacial score (nSPS) is 20.9. The van der Waals surface area contributed by atoms with Crippen molar-refractivity contribution in [1.82, 2.24) is 9.80 Å². The van der Waals surface area contributed by atoms with Gasteiger partial charge in [-0.1, -0.05) is 31.9 Å².